The lowest BCUT2D eigenvalue weighted by Gasteiger charge is -2.30. The SMILES string of the molecule is COc1cc(/C=N\NC(=O)c2nnn(-c3nonc3N)c2CN2CCC(C)CC2)ccc1OCCc1ccccc1. The monoisotopic (exact) mass is 559 g/mol. The highest BCUT2D eigenvalue weighted by Crippen LogP contribution is 2.28. The van der Waals surface area contributed by atoms with E-state index in [1.54, 1.807) is 13.2 Å². The van der Waals surface area contributed by atoms with Crippen molar-refractivity contribution in [2.75, 3.05) is 32.5 Å². The number of carbonyl (C=O) groups excluding carboxylic acids is 1. The van der Waals surface area contributed by atoms with Gasteiger partial charge >= 0.3 is 0 Å². The van der Waals surface area contributed by atoms with Gasteiger partial charge in [0.15, 0.2) is 17.2 Å². The highest BCUT2D eigenvalue weighted by Gasteiger charge is 2.26. The smallest absolute Gasteiger partial charge is 0.293 e. The number of benzene rings is 2. The van der Waals surface area contributed by atoms with Crippen LogP contribution in [0.5, 0.6) is 11.5 Å². The van der Waals surface area contributed by atoms with Crippen LogP contribution in [-0.4, -0.2) is 69.1 Å². The van der Waals surface area contributed by atoms with Crippen molar-refractivity contribution in [2.45, 2.75) is 32.7 Å². The minimum atomic E-state index is -0.518. The Morgan fingerprint density at radius 1 is 1.17 bits per heavy atom. The lowest BCUT2D eigenvalue weighted by atomic mass is 9.99. The zero-order valence-corrected chi connectivity index (χ0v) is 23.1. The van der Waals surface area contributed by atoms with Gasteiger partial charge in [-0.1, -0.05) is 42.5 Å². The van der Waals surface area contributed by atoms with Gasteiger partial charge in [-0.05, 0) is 71.5 Å². The van der Waals surface area contributed by atoms with E-state index >= 15 is 0 Å². The summed E-state index contributed by atoms with van der Waals surface area (Å²) in [5, 5.41) is 19.8. The Kier molecular flexibility index (Phi) is 8.84. The van der Waals surface area contributed by atoms with Gasteiger partial charge in [0, 0.05) is 13.0 Å². The Hall–Kier alpha value is -4.78. The Balaban J connectivity index is 1.25. The molecule has 0 atom stereocenters. The van der Waals surface area contributed by atoms with Crippen molar-refractivity contribution in [3.63, 3.8) is 0 Å². The van der Waals surface area contributed by atoms with Crippen LogP contribution >= 0.6 is 0 Å². The summed E-state index contributed by atoms with van der Waals surface area (Å²) in [5.41, 5.74) is 11.0. The number of amides is 1. The van der Waals surface area contributed by atoms with E-state index in [1.165, 1.54) is 16.5 Å². The molecule has 5 rings (SSSR count). The molecule has 214 valence electrons. The van der Waals surface area contributed by atoms with Gasteiger partial charge in [0.05, 0.1) is 25.6 Å². The highest BCUT2D eigenvalue weighted by molar-refractivity contribution is 5.94. The number of nitrogen functional groups attached to an aromatic ring is 1. The van der Waals surface area contributed by atoms with Crippen LogP contribution in [0.3, 0.4) is 0 Å². The van der Waals surface area contributed by atoms with Crippen molar-refractivity contribution < 1.29 is 18.9 Å². The van der Waals surface area contributed by atoms with Gasteiger partial charge in [0.2, 0.25) is 11.6 Å². The summed E-state index contributed by atoms with van der Waals surface area (Å²) in [7, 11) is 1.58. The third-order valence-corrected chi connectivity index (χ3v) is 6.98. The van der Waals surface area contributed by atoms with Gasteiger partial charge in [-0.3, -0.25) is 9.69 Å². The molecule has 2 aromatic heterocycles. The Morgan fingerprint density at radius 3 is 2.71 bits per heavy atom. The molecule has 0 aliphatic carbocycles. The average Bonchev–Trinajstić information content (AvgIpc) is 3.60. The second kappa shape index (κ2) is 13.0. The number of likely N-dealkylation sites (tertiary alicyclic amines) is 1. The molecule has 3 N–H and O–H groups in total. The van der Waals surface area contributed by atoms with Crippen molar-refractivity contribution in [1.29, 1.82) is 0 Å². The summed E-state index contributed by atoms with van der Waals surface area (Å²) in [6, 6.07) is 15.5. The fourth-order valence-corrected chi connectivity index (χ4v) is 4.59. The number of piperidine rings is 1. The van der Waals surface area contributed by atoms with E-state index < -0.39 is 5.91 Å². The Morgan fingerprint density at radius 2 is 1.98 bits per heavy atom. The molecule has 1 aliphatic rings. The number of ether oxygens (including phenoxy) is 2. The van der Waals surface area contributed by atoms with E-state index in [0.29, 0.717) is 41.8 Å². The standard InChI is InChI=1S/C28H33N9O4/c1-19-10-13-36(14-11-19)18-22-25(31-35-37(22)27-26(29)33-41-34-27)28(38)32-30-17-21-8-9-23(24(16-21)39-2)40-15-12-20-6-4-3-5-7-20/h3-9,16-17,19H,10-15,18H2,1-2H3,(H2,29,33)(H,32,38)/b30-17-. The molecular weight excluding hydrogens is 526 g/mol. The second-order valence-electron chi connectivity index (χ2n) is 9.92. The molecule has 13 heteroatoms. The van der Waals surface area contributed by atoms with E-state index in [-0.39, 0.29) is 17.3 Å². The number of aromatic nitrogens is 5. The minimum absolute atomic E-state index is 0.0508. The molecule has 4 aromatic rings. The molecule has 41 heavy (non-hydrogen) atoms. The van der Waals surface area contributed by atoms with Crippen LogP contribution in [0.2, 0.25) is 0 Å². The van der Waals surface area contributed by atoms with Gasteiger partial charge in [-0.15, -0.1) is 5.10 Å². The summed E-state index contributed by atoms with van der Waals surface area (Å²) < 4.78 is 17.6. The zero-order valence-electron chi connectivity index (χ0n) is 23.1. The van der Waals surface area contributed by atoms with E-state index in [1.807, 2.05) is 30.3 Å². The maximum atomic E-state index is 13.1. The molecule has 1 amide bonds. The van der Waals surface area contributed by atoms with Gasteiger partial charge < -0.3 is 15.2 Å². The molecule has 0 bridgehead atoms. The summed E-state index contributed by atoms with van der Waals surface area (Å²) in [6.45, 7) is 4.97. The maximum absolute atomic E-state index is 13.1. The van der Waals surface area contributed by atoms with Crippen LogP contribution in [0, 0.1) is 5.92 Å². The van der Waals surface area contributed by atoms with Gasteiger partial charge in [-0.2, -0.15) is 9.78 Å². The number of rotatable bonds is 11. The van der Waals surface area contributed by atoms with E-state index in [2.05, 4.69) is 55.1 Å². The summed E-state index contributed by atoms with van der Waals surface area (Å²) >= 11 is 0. The molecule has 0 saturated carbocycles. The van der Waals surface area contributed by atoms with Gasteiger partial charge in [0.1, 0.15) is 0 Å². The lowest BCUT2D eigenvalue weighted by Crippen LogP contribution is -2.34. The average molecular weight is 560 g/mol. The predicted molar refractivity (Wildman–Crippen MR) is 151 cm³/mol. The Labute approximate surface area is 237 Å². The number of nitrogens with two attached hydrogens (primary N) is 1. The number of methoxy groups -OCH3 is 1. The molecule has 3 heterocycles. The molecule has 1 saturated heterocycles. The molecule has 2 aromatic carbocycles. The summed E-state index contributed by atoms with van der Waals surface area (Å²) in [5.74, 6) is 1.56. The van der Waals surface area contributed by atoms with Crippen LogP contribution in [0.25, 0.3) is 5.82 Å². The van der Waals surface area contributed by atoms with E-state index in [9.17, 15) is 4.79 Å². The summed E-state index contributed by atoms with van der Waals surface area (Å²) in [6.07, 6.45) is 4.44. The number of anilines is 1. The quantitative estimate of drug-likeness (QED) is 0.207. The number of nitrogens with zero attached hydrogens (tertiary/aromatic N) is 7. The zero-order chi connectivity index (χ0) is 28.6. The fourth-order valence-electron chi connectivity index (χ4n) is 4.59. The number of hydrogen-bond acceptors (Lipinski definition) is 11. The summed E-state index contributed by atoms with van der Waals surface area (Å²) in [4.78, 5) is 15.4. The first-order valence-corrected chi connectivity index (χ1v) is 13.4. The van der Waals surface area contributed by atoms with E-state index in [4.69, 9.17) is 19.8 Å². The van der Waals surface area contributed by atoms with Crippen LogP contribution in [0.4, 0.5) is 5.82 Å². The number of carbonyl (C=O) groups is 1. The third kappa shape index (κ3) is 6.87. The van der Waals surface area contributed by atoms with Gasteiger partial charge in [0.25, 0.3) is 5.91 Å². The first-order valence-electron chi connectivity index (χ1n) is 13.4. The van der Waals surface area contributed by atoms with Crippen molar-refractivity contribution in [2.24, 2.45) is 11.0 Å². The Bertz CT molecular complexity index is 1480. The molecule has 0 spiro atoms. The first kappa shape index (κ1) is 27.8. The predicted octanol–water partition coefficient (Wildman–Crippen LogP) is 2.86. The van der Waals surface area contributed by atoms with Crippen LogP contribution in [0.1, 0.15) is 47.1 Å². The number of hydrogen-bond donors (Lipinski definition) is 2. The minimum Gasteiger partial charge on any atom is -0.493 e. The second-order valence-corrected chi connectivity index (χ2v) is 9.92. The van der Waals surface area contributed by atoms with Crippen molar-refractivity contribution in [1.82, 2.24) is 35.6 Å². The van der Waals surface area contributed by atoms with Crippen molar-refractivity contribution in [3.05, 3.63) is 71.0 Å². The molecule has 1 fully saturated rings. The maximum Gasteiger partial charge on any atom is 0.293 e. The topological polar surface area (TPSA) is 159 Å². The van der Waals surface area contributed by atoms with Crippen molar-refractivity contribution in [3.8, 4) is 17.3 Å². The lowest BCUT2D eigenvalue weighted by molar-refractivity contribution is 0.0946. The fraction of sp³-hybridized carbons (Fsp3) is 0.357. The molecular formula is C28H33N9O4. The van der Waals surface area contributed by atoms with Crippen molar-refractivity contribution >= 4 is 17.9 Å². The third-order valence-electron chi connectivity index (χ3n) is 6.98. The number of hydrazone groups is 1. The van der Waals surface area contributed by atoms with Crippen LogP contribution in [0.15, 0.2) is 58.3 Å². The van der Waals surface area contributed by atoms with E-state index in [0.717, 1.165) is 32.4 Å². The van der Waals surface area contributed by atoms with Gasteiger partial charge in [-0.25, -0.2) is 10.1 Å². The largest absolute Gasteiger partial charge is 0.493 e. The molecule has 1 aliphatic heterocycles. The highest BCUT2D eigenvalue weighted by atomic mass is 16.6. The van der Waals surface area contributed by atoms with Crippen LogP contribution < -0.4 is 20.6 Å². The molecule has 0 unspecified atom stereocenters. The molecule has 0 radical (unpaired) electrons. The number of nitrogens with one attached hydrogen (secondary N) is 1. The first-order chi connectivity index (χ1) is 20.0. The molecule has 13 nitrogen and oxygen atoms in total. The normalized spacial score (nSPS) is 14.4. The van der Waals surface area contributed by atoms with Crippen LogP contribution in [-0.2, 0) is 13.0 Å².